The van der Waals surface area contributed by atoms with E-state index in [-0.39, 0.29) is 11.2 Å². The van der Waals surface area contributed by atoms with Gasteiger partial charge in [-0.2, -0.15) is 0 Å². The average molecular weight is 258 g/mol. The van der Waals surface area contributed by atoms with Gasteiger partial charge in [0.15, 0.2) is 11.2 Å². The minimum atomic E-state index is -0.467. The highest BCUT2D eigenvalue weighted by atomic mass is 16.5. The van der Waals surface area contributed by atoms with Crippen molar-refractivity contribution in [3.63, 3.8) is 0 Å². The summed E-state index contributed by atoms with van der Waals surface area (Å²) in [5.74, 6) is 0.924. The maximum absolute atomic E-state index is 11.9. The Morgan fingerprint density at radius 1 is 1.11 bits per heavy atom. The van der Waals surface area contributed by atoms with Crippen LogP contribution in [0.25, 0.3) is 22.6 Å². The van der Waals surface area contributed by atoms with Crippen LogP contribution < -0.4 is 16.0 Å². The zero-order valence-electron chi connectivity index (χ0n) is 9.98. The summed E-state index contributed by atoms with van der Waals surface area (Å²) >= 11 is 0. The second-order valence-corrected chi connectivity index (χ2v) is 3.92. The number of aromatic amines is 3. The molecule has 1 aromatic carbocycles. The number of hydrogen-bond donors (Lipinski definition) is 3. The SMILES string of the molecule is COc1ccccc1-c1nc2[nH]c(=O)[nH]c2c(=O)[nH]1. The van der Waals surface area contributed by atoms with Gasteiger partial charge in [0.1, 0.15) is 11.6 Å². The predicted molar refractivity (Wildman–Crippen MR) is 69.3 cm³/mol. The molecular weight excluding hydrogens is 248 g/mol. The summed E-state index contributed by atoms with van der Waals surface area (Å²) in [4.78, 5) is 34.7. The number of hydrogen-bond acceptors (Lipinski definition) is 4. The summed E-state index contributed by atoms with van der Waals surface area (Å²) in [6, 6.07) is 7.16. The summed E-state index contributed by atoms with van der Waals surface area (Å²) < 4.78 is 5.22. The van der Waals surface area contributed by atoms with Crippen molar-refractivity contribution in [2.24, 2.45) is 0 Å². The molecule has 0 atom stereocenters. The van der Waals surface area contributed by atoms with Gasteiger partial charge in [-0.25, -0.2) is 9.78 Å². The third kappa shape index (κ3) is 1.81. The van der Waals surface area contributed by atoms with Crippen LogP contribution in [0.5, 0.6) is 5.75 Å². The Morgan fingerprint density at radius 2 is 1.89 bits per heavy atom. The van der Waals surface area contributed by atoms with Gasteiger partial charge < -0.3 is 9.72 Å². The Morgan fingerprint density at radius 3 is 2.68 bits per heavy atom. The van der Waals surface area contributed by atoms with Gasteiger partial charge in [0.25, 0.3) is 5.56 Å². The molecule has 0 amide bonds. The zero-order valence-corrected chi connectivity index (χ0v) is 9.98. The van der Waals surface area contributed by atoms with E-state index in [9.17, 15) is 9.59 Å². The monoisotopic (exact) mass is 258 g/mol. The molecule has 0 unspecified atom stereocenters. The predicted octanol–water partition coefficient (Wildman–Crippen LogP) is 0.615. The Bertz CT molecular complexity index is 859. The molecule has 7 nitrogen and oxygen atoms in total. The number of rotatable bonds is 2. The first-order chi connectivity index (χ1) is 9.19. The van der Waals surface area contributed by atoms with Crippen molar-refractivity contribution < 1.29 is 4.74 Å². The lowest BCUT2D eigenvalue weighted by molar-refractivity contribution is 0.416. The van der Waals surface area contributed by atoms with Crippen LogP contribution >= 0.6 is 0 Å². The standard InChI is InChI=1S/C12H10N4O3/c1-19-7-5-3-2-4-6(7)9-14-10-8(11(17)15-9)13-12(18)16-10/h2-5H,1H3,(H3,13,14,15,16,17,18). The molecule has 7 heteroatoms. The Hall–Kier alpha value is -2.83. The molecule has 3 aromatic rings. The van der Waals surface area contributed by atoms with Gasteiger partial charge in [0, 0.05) is 0 Å². The van der Waals surface area contributed by atoms with E-state index >= 15 is 0 Å². The molecule has 0 saturated carbocycles. The summed E-state index contributed by atoms with van der Waals surface area (Å²) in [5.41, 5.74) is 0.110. The number of nitrogens with zero attached hydrogens (tertiary/aromatic N) is 1. The maximum Gasteiger partial charge on any atom is 0.325 e. The fourth-order valence-corrected chi connectivity index (χ4v) is 1.90. The van der Waals surface area contributed by atoms with E-state index in [1.165, 1.54) is 7.11 Å². The molecule has 0 aliphatic carbocycles. The summed E-state index contributed by atoms with van der Waals surface area (Å²) in [6.45, 7) is 0. The number of imidazole rings is 1. The van der Waals surface area contributed by atoms with E-state index in [2.05, 4.69) is 19.9 Å². The van der Waals surface area contributed by atoms with Crippen molar-refractivity contribution in [1.29, 1.82) is 0 Å². The summed E-state index contributed by atoms with van der Waals surface area (Å²) in [6.07, 6.45) is 0. The first kappa shape index (κ1) is 11.3. The number of methoxy groups -OCH3 is 1. The number of para-hydroxylation sites is 1. The zero-order chi connectivity index (χ0) is 13.4. The fraction of sp³-hybridized carbons (Fsp3) is 0.0833. The Labute approximate surface area is 106 Å². The molecule has 2 heterocycles. The van der Waals surface area contributed by atoms with Gasteiger partial charge in [-0.3, -0.25) is 14.8 Å². The fourth-order valence-electron chi connectivity index (χ4n) is 1.90. The second-order valence-electron chi connectivity index (χ2n) is 3.92. The number of ether oxygens (including phenoxy) is 1. The molecule has 0 saturated heterocycles. The van der Waals surface area contributed by atoms with Crippen molar-refractivity contribution >= 4 is 11.2 Å². The molecule has 0 spiro atoms. The van der Waals surface area contributed by atoms with Crippen LogP contribution in [0.3, 0.4) is 0 Å². The van der Waals surface area contributed by atoms with Crippen molar-refractivity contribution in [2.75, 3.05) is 7.11 Å². The van der Waals surface area contributed by atoms with Gasteiger partial charge in [-0.15, -0.1) is 0 Å². The molecule has 3 rings (SSSR count). The van der Waals surface area contributed by atoms with E-state index in [0.29, 0.717) is 17.1 Å². The van der Waals surface area contributed by atoms with Crippen LogP contribution in [-0.4, -0.2) is 27.0 Å². The van der Waals surface area contributed by atoms with Crippen molar-refractivity contribution in [3.8, 4) is 17.1 Å². The highest BCUT2D eigenvalue weighted by Crippen LogP contribution is 2.26. The largest absolute Gasteiger partial charge is 0.496 e. The molecule has 19 heavy (non-hydrogen) atoms. The van der Waals surface area contributed by atoms with Gasteiger partial charge in [-0.1, -0.05) is 12.1 Å². The van der Waals surface area contributed by atoms with E-state index in [1.54, 1.807) is 12.1 Å². The van der Waals surface area contributed by atoms with Gasteiger partial charge in [0.2, 0.25) is 0 Å². The third-order valence-electron chi connectivity index (χ3n) is 2.75. The second kappa shape index (κ2) is 4.13. The topological polar surface area (TPSA) is 104 Å². The highest BCUT2D eigenvalue weighted by Gasteiger charge is 2.11. The summed E-state index contributed by atoms with van der Waals surface area (Å²) in [5, 5.41) is 0. The smallest absolute Gasteiger partial charge is 0.325 e. The molecular formula is C12H10N4O3. The molecule has 0 radical (unpaired) electrons. The molecule has 0 aliphatic rings. The van der Waals surface area contributed by atoms with Crippen molar-refractivity contribution in [3.05, 3.63) is 45.1 Å². The normalized spacial score (nSPS) is 10.8. The molecule has 96 valence electrons. The minimum absolute atomic E-state index is 0.128. The number of nitrogens with one attached hydrogen (secondary N) is 3. The van der Waals surface area contributed by atoms with Crippen molar-refractivity contribution in [2.45, 2.75) is 0 Å². The van der Waals surface area contributed by atoms with E-state index in [1.807, 2.05) is 12.1 Å². The number of benzene rings is 1. The highest BCUT2D eigenvalue weighted by molar-refractivity contribution is 5.73. The number of aromatic nitrogens is 4. The van der Waals surface area contributed by atoms with Crippen LogP contribution in [0, 0.1) is 0 Å². The van der Waals surface area contributed by atoms with Crippen LogP contribution in [0.4, 0.5) is 0 Å². The maximum atomic E-state index is 11.9. The quantitative estimate of drug-likeness (QED) is 0.626. The summed E-state index contributed by atoms with van der Waals surface area (Å²) in [7, 11) is 1.54. The van der Waals surface area contributed by atoms with Crippen LogP contribution in [0.2, 0.25) is 0 Å². The number of fused-ring (bicyclic) bond motifs is 1. The lowest BCUT2D eigenvalue weighted by atomic mass is 10.2. The number of H-pyrrole nitrogens is 3. The lowest BCUT2D eigenvalue weighted by Gasteiger charge is -2.06. The molecule has 0 bridgehead atoms. The first-order valence-electron chi connectivity index (χ1n) is 5.55. The third-order valence-corrected chi connectivity index (χ3v) is 2.75. The minimum Gasteiger partial charge on any atom is -0.496 e. The molecule has 0 fully saturated rings. The van der Waals surface area contributed by atoms with Gasteiger partial charge in [0.05, 0.1) is 12.7 Å². The van der Waals surface area contributed by atoms with Crippen LogP contribution in [0.1, 0.15) is 0 Å². The molecule has 0 aliphatic heterocycles. The Balaban J connectivity index is 2.31. The van der Waals surface area contributed by atoms with Gasteiger partial charge >= 0.3 is 5.69 Å². The van der Waals surface area contributed by atoms with Crippen LogP contribution in [0.15, 0.2) is 33.9 Å². The van der Waals surface area contributed by atoms with E-state index in [0.717, 1.165) is 0 Å². The first-order valence-corrected chi connectivity index (χ1v) is 5.55. The molecule has 2 aromatic heterocycles. The van der Waals surface area contributed by atoms with Crippen LogP contribution in [-0.2, 0) is 0 Å². The van der Waals surface area contributed by atoms with E-state index < -0.39 is 11.2 Å². The van der Waals surface area contributed by atoms with Gasteiger partial charge in [-0.05, 0) is 12.1 Å². The van der Waals surface area contributed by atoms with Crippen molar-refractivity contribution in [1.82, 2.24) is 19.9 Å². The van der Waals surface area contributed by atoms with E-state index in [4.69, 9.17) is 4.74 Å². The average Bonchev–Trinajstić information content (AvgIpc) is 2.79. The molecule has 3 N–H and O–H groups in total. The Kier molecular flexibility index (Phi) is 2.45. The lowest BCUT2D eigenvalue weighted by Crippen LogP contribution is -2.10.